The molecular weight excluding hydrogens is 330 g/mol. The first-order chi connectivity index (χ1) is 11.5. The number of aromatic amines is 2. The van der Waals surface area contributed by atoms with Crippen LogP contribution in [0.3, 0.4) is 0 Å². The van der Waals surface area contributed by atoms with E-state index in [0.29, 0.717) is 18.1 Å². The van der Waals surface area contributed by atoms with Crippen LogP contribution in [0, 0.1) is 0 Å². The Bertz CT molecular complexity index is 813. The average Bonchev–Trinajstić information content (AvgIpc) is 2.80. The van der Waals surface area contributed by atoms with E-state index in [4.69, 9.17) is 11.6 Å². The average molecular weight is 348 g/mol. The summed E-state index contributed by atoms with van der Waals surface area (Å²) in [5.41, 5.74) is -0.0832. The van der Waals surface area contributed by atoms with Gasteiger partial charge in [-0.15, -0.1) is 0 Å². The number of likely N-dealkylation sites (tertiary alicyclic amines) is 1. The predicted molar refractivity (Wildman–Crippen MR) is 91.6 cm³/mol. The third kappa shape index (κ3) is 3.76. The van der Waals surface area contributed by atoms with Crippen molar-refractivity contribution in [2.75, 3.05) is 13.1 Å². The lowest BCUT2D eigenvalue weighted by Gasteiger charge is -2.24. The lowest BCUT2D eigenvalue weighted by molar-refractivity contribution is 0.0748. The number of carbonyl (C=O) groups excluding carboxylic acids is 1. The van der Waals surface area contributed by atoms with E-state index < -0.39 is 11.2 Å². The summed E-state index contributed by atoms with van der Waals surface area (Å²) in [5.74, 6) is -0.110. The second-order valence-electron chi connectivity index (χ2n) is 6.00. The van der Waals surface area contributed by atoms with Gasteiger partial charge in [-0.3, -0.25) is 14.6 Å². The van der Waals surface area contributed by atoms with Crippen molar-refractivity contribution in [1.82, 2.24) is 14.9 Å². The first-order valence-electron chi connectivity index (χ1n) is 7.91. The highest BCUT2D eigenvalue weighted by Gasteiger charge is 2.24. The summed E-state index contributed by atoms with van der Waals surface area (Å²) in [7, 11) is 0. The van der Waals surface area contributed by atoms with Crippen molar-refractivity contribution in [3.05, 3.63) is 67.4 Å². The summed E-state index contributed by atoms with van der Waals surface area (Å²) in [4.78, 5) is 41.7. The van der Waals surface area contributed by atoms with Gasteiger partial charge in [0.25, 0.3) is 11.5 Å². The minimum atomic E-state index is -0.671. The molecule has 1 aromatic carbocycles. The molecule has 7 heteroatoms. The summed E-state index contributed by atoms with van der Waals surface area (Å²) in [6, 6.07) is 8.79. The first-order valence-corrected chi connectivity index (χ1v) is 8.29. The van der Waals surface area contributed by atoms with Crippen LogP contribution in [0.15, 0.2) is 39.9 Å². The Balaban J connectivity index is 1.84. The van der Waals surface area contributed by atoms with Crippen molar-refractivity contribution in [2.45, 2.75) is 25.2 Å². The Morgan fingerprint density at radius 2 is 1.88 bits per heavy atom. The van der Waals surface area contributed by atoms with Gasteiger partial charge in [-0.1, -0.05) is 30.2 Å². The molecule has 2 heterocycles. The first kappa shape index (κ1) is 16.5. The highest BCUT2D eigenvalue weighted by molar-refractivity contribution is 6.30. The monoisotopic (exact) mass is 347 g/mol. The van der Waals surface area contributed by atoms with Crippen LogP contribution >= 0.6 is 11.6 Å². The highest BCUT2D eigenvalue weighted by Crippen LogP contribution is 2.27. The maximum Gasteiger partial charge on any atom is 0.326 e. The summed E-state index contributed by atoms with van der Waals surface area (Å²) in [6.45, 7) is 1.16. The zero-order valence-electron chi connectivity index (χ0n) is 13.0. The maximum absolute atomic E-state index is 12.7. The topological polar surface area (TPSA) is 86.0 Å². The number of carbonyl (C=O) groups is 1. The standard InChI is InChI=1S/C17H18ClN3O3/c18-13-6-4-11(5-7-13)12-3-1-2-8-21(10-12)16(23)14-9-15(22)20-17(24)19-14/h4-7,9,12H,1-3,8,10H2,(H2,19,20,22,24). The van der Waals surface area contributed by atoms with Crippen LogP contribution in [-0.4, -0.2) is 33.9 Å². The van der Waals surface area contributed by atoms with E-state index >= 15 is 0 Å². The number of H-pyrrole nitrogens is 2. The highest BCUT2D eigenvalue weighted by atomic mass is 35.5. The van der Waals surface area contributed by atoms with Crippen molar-refractivity contribution in [1.29, 1.82) is 0 Å². The summed E-state index contributed by atoms with van der Waals surface area (Å²) in [5, 5.41) is 0.682. The fourth-order valence-electron chi connectivity index (χ4n) is 3.09. The van der Waals surface area contributed by atoms with Crippen LogP contribution < -0.4 is 11.2 Å². The third-order valence-electron chi connectivity index (χ3n) is 4.29. The normalized spacial score (nSPS) is 18.2. The van der Waals surface area contributed by atoms with Crippen LogP contribution in [0.25, 0.3) is 0 Å². The molecule has 1 fully saturated rings. The van der Waals surface area contributed by atoms with E-state index in [1.807, 2.05) is 24.3 Å². The number of benzene rings is 1. The maximum atomic E-state index is 12.7. The number of aromatic nitrogens is 2. The van der Waals surface area contributed by atoms with Gasteiger partial charge in [0.05, 0.1) is 0 Å². The molecule has 6 nitrogen and oxygen atoms in total. The smallest absolute Gasteiger partial charge is 0.326 e. The number of rotatable bonds is 2. The van der Waals surface area contributed by atoms with Gasteiger partial charge in [0.2, 0.25) is 0 Å². The minimum absolute atomic E-state index is 0.0282. The molecule has 3 rings (SSSR count). The van der Waals surface area contributed by atoms with Gasteiger partial charge >= 0.3 is 5.69 Å². The molecule has 126 valence electrons. The van der Waals surface area contributed by atoms with Crippen LogP contribution in [-0.2, 0) is 0 Å². The number of nitrogens with one attached hydrogen (secondary N) is 2. The zero-order valence-corrected chi connectivity index (χ0v) is 13.8. The third-order valence-corrected chi connectivity index (χ3v) is 4.54. The Morgan fingerprint density at radius 3 is 2.58 bits per heavy atom. The Labute approximate surface area is 143 Å². The van der Waals surface area contributed by atoms with E-state index in [0.717, 1.165) is 30.9 Å². The van der Waals surface area contributed by atoms with Gasteiger partial charge in [-0.05, 0) is 30.5 Å². The molecule has 1 unspecified atom stereocenters. The SMILES string of the molecule is O=C(c1cc(=O)[nH]c(=O)[nH]1)N1CCCCC(c2ccc(Cl)cc2)C1. The van der Waals surface area contributed by atoms with Crippen LogP contribution in [0.2, 0.25) is 5.02 Å². The van der Waals surface area contributed by atoms with Crippen molar-refractivity contribution < 1.29 is 4.79 Å². The van der Waals surface area contributed by atoms with Gasteiger partial charge in [0, 0.05) is 30.1 Å². The van der Waals surface area contributed by atoms with Gasteiger partial charge < -0.3 is 9.88 Å². The van der Waals surface area contributed by atoms with Gasteiger partial charge in [-0.25, -0.2) is 4.79 Å². The molecule has 2 aromatic rings. The fraction of sp³-hybridized carbons (Fsp3) is 0.353. The molecule has 0 radical (unpaired) electrons. The quantitative estimate of drug-likeness (QED) is 0.872. The molecular formula is C17H18ClN3O3. The molecule has 1 aliphatic rings. The van der Waals surface area contributed by atoms with Crippen molar-refractivity contribution in [3.63, 3.8) is 0 Å². The van der Waals surface area contributed by atoms with Gasteiger partial charge in [-0.2, -0.15) is 0 Å². The molecule has 0 saturated carbocycles. The van der Waals surface area contributed by atoms with E-state index in [9.17, 15) is 14.4 Å². The van der Waals surface area contributed by atoms with E-state index in [1.165, 1.54) is 0 Å². The zero-order chi connectivity index (χ0) is 17.1. The second-order valence-corrected chi connectivity index (χ2v) is 6.43. The Morgan fingerprint density at radius 1 is 1.12 bits per heavy atom. The molecule has 1 saturated heterocycles. The largest absolute Gasteiger partial charge is 0.337 e. The van der Waals surface area contributed by atoms with Gasteiger partial charge in [0.15, 0.2) is 0 Å². The fourth-order valence-corrected chi connectivity index (χ4v) is 3.21. The lowest BCUT2D eigenvalue weighted by Crippen LogP contribution is -2.37. The minimum Gasteiger partial charge on any atom is -0.337 e. The molecule has 1 aromatic heterocycles. The number of amides is 1. The van der Waals surface area contributed by atoms with Crippen molar-refractivity contribution >= 4 is 17.5 Å². The Kier molecular flexibility index (Phi) is 4.85. The van der Waals surface area contributed by atoms with Crippen molar-refractivity contribution in [3.8, 4) is 0 Å². The Hall–Kier alpha value is -2.34. The van der Waals surface area contributed by atoms with E-state index in [2.05, 4.69) is 9.97 Å². The summed E-state index contributed by atoms with van der Waals surface area (Å²) >= 11 is 5.94. The molecule has 24 heavy (non-hydrogen) atoms. The van der Waals surface area contributed by atoms with E-state index in [-0.39, 0.29) is 17.5 Å². The molecule has 1 atom stereocenters. The molecule has 2 N–H and O–H groups in total. The van der Waals surface area contributed by atoms with Gasteiger partial charge in [0.1, 0.15) is 5.69 Å². The molecule has 0 aliphatic carbocycles. The predicted octanol–water partition coefficient (Wildman–Crippen LogP) is 2.13. The van der Waals surface area contributed by atoms with Crippen LogP contribution in [0.4, 0.5) is 0 Å². The molecule has 0 spiro atoms. The number of nitrogens with zero attached hydrogens (tertiary/aromatic N) is 1. The van der Waals surface area contributed by atoms with E-state index in [1.54, 1.807) is 4.90 Å². The lowest BCUT2D eigenvalue weighted by atomic mass is 9.94. The second kappa shape index (κ2) is 7.05. The number of hydrogen-bond donors (Lipinski definition) is 2. The van der Waals surface area contributed by atoms with Crippen LogP contribution in [0.5, 0.6) is 0 Å². The van der Waals surface area contributed by atoms with Crippen LogP contribution in [0.1, 0.15) is 41.2 Å². The molecule has 1 amide bonds. The summed E-state index contributed by atoms with van der Waals surface area (Å²) in [6.07, 6.45) is 2.89. The van der Waals surface area contributed by atoms with Crippen molar-refractivity contribution in [2.24, 2.45) is 0 Å². The molecule has 0 bridgehead atoms. The molecule has 1 aliphatic heterocycles. The summed E-state index contributed by atoms with van der Waals surface area (Å²) < 4.78 is 0. The number of halogens is 1. The number of hydrogen-bond acceptors (Lipinski definition) is 3.